The number of rotatable bonds is 6. The van der Waals surface area contributed by atoms with Crippen LogP contribution in [0.1, 0.15) is 52.4 Å². The van der Waals surface area contributed by atoms with Gasteiger partial charge in [0.1, 0.15) is 0 Å². The normalized spacial score (nSPS) is 29.6. The van der Waals surface area contributed by atoms with E-state index >= 15 is 0 Å². The van der Waals surface area contributed by atoms with Gasteiger partial charge in [0.15, 0.2) is 5.16 Å². The molecule has 0 aliphatic heterocycles. The van der Waals surface area contributed by atoms with Crippen LogP contribution in [0.25, 0.3) is 10.9 Å². The standard InChI is InChI=1S/C24H31N3O2S/c1-15(2)13-27-22(29)19-5-3-4-6-20(19)25-23(27)30-14-21(28)26-24-10-16-7-17(11-24)9-18(8-16)12-24/h3-6,15-18H,7-14H2,1-2H3,(H,26,28). The number of thioether (sulfide) groups is 1. The van der Waals surface area contributed by atoms with Gasteiger partial charge in [-0.2, -0.15) is 0 Å². The number of para-hydroxylation sites is 1. The number of hydrogen-bond acceptors (Lipinski definition) is 4. The average Bonchev–Trinajstić information content (AvgIpc) is 2.67. The van der Waals surface area contributed by atoms with Gasteiger partial charge >= 0.3 is 0 Å². The van der Waals surface area contributed by atoms with Gasteiger partial charge in [-0.15, -0.1) is 0 Å². The summed E-state index contributed by atoms with van der Waals surface area (Å²) in [7, 11) is 0. The molecule has 1 amide bonds. The van der Waals surface area contributed by atoms with E-state index in [4.69, 9.17) is 4.98 Å². The van der Waals surface area contributed by atoms with E-state index in [2.05, 4.69) is 19.2 Å². The van der Waals surface area contributed by atoms with Crippen LogP contribution < -0.4 is 10.9 Å². The van der Waals surface area contributed by atoms with Crippen LogP contribution >= 0.6 is 11.8 Å². The molecular weight excluding hydrogens is 394 g/mol. The lowest BCUT2D eigenvalue weighted by molar-refractivity contribution is -0.124. The topological polar surface area (TPSA) is 64.0 Å². The van der Waals surface area contributed by atoms with E-state index in [9.17, 15) is 9.59 Å². The molecule has 1 heterocycles. The number of amides is 1. The second-order valence-electron chi connectivity index (χ2n) is 10.3. The first-order valence-electron chi connectivity index (χ1n) is 11.3. The van der Waals surface area contributed by atoms with Crippen molar-refractivity contribution in [2.75, 3.05) is 5.75 Å². The van der Waals surface area contributed by atoms with E-state index in [1.165, 1.54) is 31.0 Å². The van der Waals surface area contributed by atoms with Crippen LogP contribution in [0.4, 0.5) is 0 Å². The minimum atomic E-state index is -0.0155. The summed E-state index contributed by atoms with van der Waals surface area (Å²) >= 11 is 1.39. The van der Waals surface area contributed by atoms with Crippen molar-refractivity contribution >= 4 is 28.6 Å². The van der Waals surface area contributed by atoms with Crippen LogP contribution in [0.2, 0.25) is 0 Å². The summed E-state index contributed by atoms with van der Waals surface area (Å²) in [4.78, 5) is 30.7. The molecule has 5 nitrogen and oxygen atoms in total. The summed E-state index contributed by atoms with van der Waals surface area (Å²) < 4.78 is 1.75. The molecule has 2 aromatic rings. The monoisotopic (exact) mass is 425 g/mol. The van der Waals surface area contributed by atoms with Crippen LogP contribution in [0.5, 0.6) is 0 Å². The maximum absolute atomic E-state index is 13.0. The molecule has 1 N–H and O–H groups in total. The van der Waals surface area contributed by atoms with Crippen molar-refractivity contribution in [1.29, 1.82) is 0 Å². The Morgan fingerprint density at radius 1 is 1.17 bits per heavy atom. The third-order valence-electron chi connectivity index (χ3n) is 7.15. The summed E-state index contributed by atoms with van der Waals surface area (Å²) in [5.74, 6) is 3.14. The number of aromatic nitrogens is 2. The van der Waals surface area contributed by atoms with E-state index in [1.54, 1.807) is 4.57 Å². The predicted molar refractivity (Wildman–Crippen MR) is 121 cm³/mol. The highest BCUT2D eigenvalue weighted by atomic mass is 32.2. The summed E-state index contributed by atoms with van der Waals surface area (Å²) in [6, 6.07) is 7.47. The molecule has 30 heavy (non-hydrogen) atoms. The van der Waals surface area contributed by atoms with Gasteiger partial charge in [0.05, 0.1) is 16.7 Å². The van der Waals surface area contributed by atoms with Gasteiger partial charge in [-0.05, 0) is 74.3 Å². The first-order valence-corrected chi connectivity index (χ1v) is 12.3. The van der Waals surface area contributed by atoms with E-state index in [0.29, 0.717) is 34.3 Å². The van der Waals surface area contributed by atoms with Crippen molar-refractivity contribution in [2.45, 2.75) is 69.6 Å². The number of carbonyl (C=O) groups is 1. The molecule has 0 radical (unpaired) electrons. The zero-order valence-corrected chi connectivity index (χ0v) is 18.7. The Hall–Kier alpha value is -1.82. The molecule has 1 aromatic heterocycles. The molecule has 4 fully saturated rings. The number of nitrogens with one attached hydrogen (secondary N) is 1. The molecule has 160 valence electrons. The summed E-state index contributed by atoms with van der Waals surface area (Å²) in [6.07, 6.45) is 7.57. The van der Waals surface area contributed by atoms with Gasteiger partial charge in [-0.3, -0.25) is 14.2 Å². The third kappa shape index (κ3) is 3.79. The number of fused-ring (bicyclic) bond motifs is 1. The van der Waals surface area contributed by atoms with Gasteiger partial charge in [0.2, 0.25) is 5.91 Å². The SMILES string of the molecule is CC(C)Cn1c(SCC(=O)NC23CC4CC(CC(C4)C2)C3)nc2ccccc2c1=O. The van der Waals surface area contributed by atoms with E-state index < -0.39 is 0 Å². The third-order valence-corrected chi connectivity index (χ3v) is 8.13. The molecular formula is C24H31N3O2S. The van der Waals surface area contributed by atoms with Crippen LogP contribution in [-0.2, 0) is 11.3 Å². The lowest BCUT2D eigenvalue weighted by atomic mass is 9.53. The van der Waals surface area contributed by atoms with E-state index in [-0.39, 0.29) is 17.0 Å². The van der Waals surface area contributed by atoms with Crippen LogP contribution in [0.15, 0.2) is 34.2 Å². The molecule has 4 aliphatic rings. The van der Waals surface area contributed by atoms with Crippen molar-refractivity contribution in [1.82, 2.24) is 14.9 Å². The fraction of sp³-hybridized carbons (Fsp3) is 0.625. The van der Waals surface area contributed by atoms with Gasteiger partial charge in [-0.25, -0.2) is 4.98 Å². The highest BCUT2D eigenvalue weighted by molar-refractivity contribution is 7.99. The lowest BCUT2D eigenvalue weighted by Crippen LogP contribution is -2.60. The maximum Gasteiger partial charge on any atom is 0.262 e. The molecule has 0 saturated heterocycles. The zero-order chi connectivity index (χ0) is 20.9. The molecule has 4 bridgehead atoms. The maximum atomic E-state index is 13.0. The van der Waals surface area contributed by atoms with Gasteiger partial charge in [-0.1, -0.05) is 37.7 Å². The van der Waals surface area contributed by atoms with Gasteiger partial charge in [0.25, 0.3) is 5.56 Å². The molecule has 4 aliphatic carbocycles. The van der Waals surface area contributed by atoms with Crippen LogP contribution in [-0.4, -0.2) is 26.8 Å². The first-order chi connectivity index (χ1) is 14.4. The largest absolute Gasteiger partial charge is 0.350 e. The second kappa shape index (κ2) is 7.70. The van der Waals surface area contributed by atoms with Crippen molar-refractivity contribution < 1.29 is 4.79 Å². The minimum Gasteiger partial charge on any atom is -0.350 e. The Morgan fingerprint density at radius 2 is 1.80 bits per heavy atom. The second-order valence-corrected chi connectivity index (χ2v) is 11.2. The van der Waals surface area contributed by atoms with Crippen molar-refractivity contribution in [3.8, 4) is 0 Å². The van der Waals surface area contributed by atoms with Crippen LogP contribution in [0.3, 0.4) is 0 Å². The number of benzene rings is 1. The predicted octanol–water partition coefficient (Wildman–Crippen LogP) is 4.23. The van der Waals surface area contributed by atoms with Crippen LogP contribution in [0, 0.1) is 23.7 Å². The molecule has 4 saturated carbocycles. The molecule has 1 aromatic carbocycles. The smallest absolute Gasteiger partial charge is 0.262 e. The fourth-order valence-electron chi connectivity index (χ4n) is 6.51. The highest BCUT2D eigenvalue weighted by Gasteiger charge is 2.51. The zero-order valence-electron chi connectivity index (χ0n) is 17.9. The Labute approximate surface area is 182 Å². The fourth-order valence-corrected chi connectivity index (χ4v) is 7.32. The highest BCUT2D eigenvalue weighted by Crippen LogP contribution is 2.55. The number of carbonyl (C=O) groups excluding carboxylic acids is 1. The van der Waals surface area contributed by atoms with Crippen molar-refractivity contribution in [2.24, 2.45) is 23.7 Å². The Kier molecular flexibility index (Phi) is 5.16. The van der Waals surface area contributed by atoms with Gasteiger partial charge in [0, 0.05) is 12.1 Å². The summed E-state index contributed by atoms with van der Waals surface area (Å²) in [5, 5.41) is 4.72. The number of nitrogens with zero attached hydrogens (tertiary/aromatic N) is 2. The molecule has 0 spiro atoms. The lowest BCUT2D eigenvalue weighted by Gasteiger charge is -2.56. The van der Waals surface area contributed by atoms with Gasteiger partial charge < -0.3 is 5.32 Å². The molecule has 0 unspecified atom stereocenters. The number of hydrogen-bond donors (Lipinski definition) is 1. The Morgan fingerprint density at radius 3 is 2.43 bits per heavy atom. The van der Waals surface area contributed by atoms with Crippen molar-refractivity contribution in [3.63, 3.8) is 0 Å². The molecule has 0 atom stereocenters. The van der Waals surface area contributed by atoms with Crippen molar-refractivity contribution in [3.05, 3.63) is 34.6 Å². The Balaban J connectivity index is 1.33. The summed E-state index contributed by atoms with van der Waals surface area (Å²) in [5.41, 5.74) is 0.714. The quantitative estimate of drug-likeness (QED) is 0.556. The average molecular weight is 426 g/mol. The Bertz CT molecular complexity index is 993. The summed E-state index contributed by atoms with van der Waals surface area (Å²) in [6.45, 7) is 4.79. The van der Waals surface area contributed by atoms with E-state index in [0.717, 1.165) is 37.0 Å². The molecule has 6 rings (SSSR count). The van der Waals surface area contributed by atoms with E-state index in [1.807, 2.05) is 24.3 Å². The molecule has 6 heteroatoms. The first kappa shape index (κ1) is 20.1. The minimum absolute atomic E-state index is 0.0155.